The van der Waals surface area contributed by atoms with Gasteiger partial charge in [-0.2, -0.15) is 0 Å². The molecule has 0 radical (unpaired) electrons. The van der Waals surface area contributed by atoms with Crippen molar-refractivity contribution in [2.75, 3.05) is 79.3 Å². The molecule has 0 aromatic heterocycles. The van der Waals surface area contributed by atoms with Gasteiger partial charge in [0.1, 0.15) is 43.7 Å². The van der Waals surface area contributed by atoms with E-state index in [2.05, 4.69) is 13.2 Å². The average Bonchev–Trinajstić information content (AvgIpc) is 3.28. The van der Waals surface area contributed by atoms with Crippen molar-refractivity contribution in [3.63, 3.8) is 0 Å². The van der Waals surface area contributed by atoms with Crippen molar-refractivity contribution in [1.82, 2.24) is 0 Å². The number of benzene rings is 4. The van der Waals surface area contributed by atoms with Crippen LogP contribution in [0.25, 0.3) is 11.1 Å². The number of carbonyl (C=O) groups is 5. The van der Waals surface area contributed by atoms with Crippen molar-refractivity contribution in [3.05, 3.63) is 138 Å². The third kappa shape index (κ3) is 17.5. The van der Waals surface area contributed by atoms with E-state index in [1.807, 2.05) is 0 Å². The van der Waals surface area contributed by atoms with Crippen LogP contribution in [0.2, 0.25) is 0 Å². The summed E-state index contributed by atoms with van der Waals surface area (Å²) in [6.07, 6.45) is 0. The molecule has 4 aromatic carbocycles. The molecule has 0 amide bonds. The zero-order valence-electron chi connectivity index (χ0n) is 34.8. The Balaban J connectivity index is 1.09. The number of esters is 5. The molecule has 0 bridgehead atoms. The number of ether oxygens (including phenoxy) is 10. The topological polar surface area (TPSA) is 178 Å². The zero-order valence-corrected chi connectivity index (χ0v) is 34.8. The Morgan fingerprint density at radius 3 is 1.10 bits per heavy atom. The largest absolute Gasteiger partial charge is 0.491 e. The predicted molar refractivity (Wildman–Crippen MR) is 225 cm³/mol. The molecule has 0 saturated carbocycles. The minimum atomic E-state index is -0.593. The smallest absolute Gasteiger partial charge is 0.343 e. The van der Waals surface area contributed by atoms with E-state index in [1.165, 1.54) is 24.3 Å². The van der Waals surface area contributed by atoms with Crippen LogP contribution in [0.4, 0.5) is 0 Å². The molecule has 62 heavy (non-hydrogen) atoms. The second-order valence-electron chi connectivity index (χ2n) is 13.2. The monoisotopic (exact) mass is 854 g/mol. The Bertz CT molecular complexity index is 2070. The lowest BCUT2D eigenvalue weighted by molar-refractivity contribution is -0.141. The second-order valence-corrected chi connectivity index (χ2v) is 13.2. The minimum absolute atomic E-state index is 0.0702. The highest BCUT2D eigenvalue weighted by atomic mass is 16.6. The van der Waals surface area contributed by atoms with Gasteiger partial charge in [0, 0.05) is 11.1 Å². The molecular weight excluding hydrogens is 805 g/mol. The maximum atomic E-state index is 12.8. The van der Waals surface area contributed by atoms with E-state index in [0.29, 0.717) is 66.8 Å². The summed E-state index contributed by atoms with van der Waals surface area (Å²) in [4.78, 5) is 60.6. The molecule has 15 heteroatoms. The minimum Gasteiger partial charge on any atom is -0.491 e. The van der Waals surface area contributed by atoms with Crippen LogP contribution in [-0.4, -0.2) is 109 Å². The number of rotatable bonds is 27. The summed E-state index contributed by atoms with van der Waals surface area (Å²) in [6.45, 7) is 13.1. The van der Waals surface area contributed by atoms with Gasteiger partial charge in [0.2, 0.25) is 0 Å². The van der Waals surface area contributed by atoms with Gasteiger partial charge >= 0.3 is 29.8 Å². The van der Waals surface area contributed by atoms with Gasteiger partial charge in [-0.05, 0) is 97.8 Å². The summed E-state index contributed by atoms with van der Waals surface area (Å²) in [5, 5.41) is 0. The molecule has 0 atom stereocenters. The molecular formula is C47H50O15. The van der Waals surface area contributed by atoms with Gasteiger partial charge in [0.25, 0.3) is 0 Å². The van der Waals surface area contributed by atoms with Crippen molar-refractivity contribution in [1.29, 1.82) is 0 Å². The standard InChI is InChI=1S/C47H50O15/c1-33(2)43(48)58-30-26-54-22-21-53-25-29-57-40-15-11-38(12-16-40)46(51)62-42-19-13-39(14-20-42)47(52)61-41-17-9-36(10-18-41)35-5-7-37(8-6-35)45(50)60-32-28-56-24-23-55-27-31-59-44(49)34(3)4/h5-20H,1,3,21-32H2,2,4H3. The summed E-state index contributed by atoms with van der Waals surface area (Å²) >= 11 is 0. The highest BCUT2D eigenvalue weighted by Gasteiger charge is 2.13. The third-order valence-electron chi connectivity index (χ3n) is 8.23. The van der Waals surface area contributed by atoms with E-state index in [-0.39, 0.29) is 57.6 Å². The van der Waals surface area contributed by atoms with Crippen LogP contribution in [0.5, 0.6) is 17.2 Å². The first-order valence-corrected chi connectivity index (χ1v) is 19.6. The van der Waals surface area contributed by atoms with Crippen LogP contribution >= 0.6 is 0 Å². The molecule has 0 heterocycles. The first kappa shape index (κ1) is 48.0. The molecule has 0 fully saturated rings. The fourth-order valence-electron chi connectivity index (χ4n) is 4.96. The molecule has 0 aliphatic heterocycles. The molecule has 0 saturated heterocycles. The van der Waals surface area contributed by atoms with Crippen LogP contribution in [-0.2, 0) is 42.7 Å². The molecule has 0 aliphatic carbocycles. The van der Waals surface area contributed by atoms with Gasteiger partial charge in [-0.25, -0.2) is 24.0 Å². The van der Waals surface area contributed by atoms with E-state index >= 15 is 0 Å². The normalized spacial score (nSPS) is 10.6. The maximum absolute atomic E-state index is 12.8. The fraction of sp³-hybridized carbons (Fsp3) is 0.298. The Morgan fingerprint density at radius 2 is 0.677 bits per heavy atom. The Kier molecular flexibility index (Phi) is 20.6. The van der Waals surface area contributed by atoms with Crippen LogP contribution in [0.1, 0.15) is 44.9 Å². The number of carbonyl (C=O) groups excluding carboxylic acids is 5. The molecule has 15 nitrogen and oxygen atoms in total. The summed E-state index contributed by atoms with van der Waals surface area (Å²) in [7, 11) is 0. The van der Waals surface area contributed by atoms with Crippen LogP contribution in [0.15, 0.2) is 121 Å². The molecule has 0 aliphatic rings. The van der Waals surface area contributed by atoms with Gasteiger partial charge in [-0.1, -0.05) is 37.4 Å². The van der Waals surface area contributed by atoms with Crippen molar-refractivity contribution in [3.8, 4) is 28.4 Å². The van der Waals surface area contributed by atoms with E-state index in [0.717, 1.165) is 11.1 Å². The van der Waals surface area contributed by atoms with Gasteiger partial charge in [-0.15, -0.1) is 0 Å². The van der Waals surface area contributed by atoms with E-state index in [4.69, 9.17) is 47.4 Å². The Labute approximate surface area is 360 Å². The highest BCUT2D eigenvalue weighted by Crippen LogP contribution is 2.24. The lowest BCUT2D eigenvalue weighted by Crippen LogP contribution is -2.15. The third-order valence-corrected chi connectivity index (χ3v) is 8.23. The molecule has 0 unspecified atom stereocenters. The zero-order chi connectivity index (χ0) is 44.5. The molecule has 0 N–H and O–H groups in total. The maximum Gasteiger partial charge on any atom is 0.343 e. The van der Waals surface area contributed by atoms with Crippen molar-refractivity contribution >= 4 is 29.8 Å². The van der Waals surface area contributed by atoms with Crippen molar-refractivity contribution in [2.24, 2.45) is 0 Å². The second kappa shape index (κ2) is 26.5. The van der Waals surface area contributed by atoms with E-state index in [9.17, 15) is 24.0 Å². The van der Waals surface area contributed by atoms with E-state index in [1.54, 1.807) is 86.6 Å². The van der Waals surface area contributed by atoms with E-state index < -0.39 is 29.8 Å². The molecule has 4 rings (SSSR count). The fourth-order valence-corrected chi connectivity index (χ4v) is 4.96. The lowest BCUT2D eigenvalue weighted by atomic mass is 10.0. The first-order chi connectivity index (χ1) is 30.0. The lowest BCUT2D eigenvalue weighted by Gasteiger charge is -2.09. The highest BCUT2D eigenvalue weighted by molar-refractivity contribution is 5.93. The van der Waals surface area contributed by atoms with Crippen molar-refractivity contribution in [2.45, 2.75) is 13.8 Å². The van der Waals surface area contributed by atoms with Gasteiger partial charge < -0.3 is 47.4 Å². The summed E-state index contributed by atoms with van der Waals surface area (Å²) in [5.41, 5.74) is 3.28. The summed E-state index contributed by atoms with van der Waals surface area (Å²) in [6, 6.07) is 26.2. The predicted octanol–water partition coefficient (Wildman–Crippen LogP) is 6.63. The average molecular weight is 855 g/mol. The first-order valence-electron chi connectivity index (χ1n) is 19.6. The van der Waals surface area contributed by atoms with Crippen molar-refractivity contribution < 1.29 is 71.3 Å². The van der Waals surface area contributed by atoms with Crippen LogP contribution < -0.4 is 14.2 Å². The van der Waals surface area contributed by atoms with Gasteiger partial charge in [0.05, 0.1) is 69.5 Å². The van der Waals surface area contributed by atoms with Crippen LogP contribution in [0, 0.1) is 0 Å². The summed E-state index contributed by atoms with van der Waals surface area (Å²) in [5.74, 6) is -1.46. The number of hydrogen-bond donors (Lipinski definition) is 0. The molecule has 0 spiro atoms. The quantitative estimate of drug-likeness (QED) is 0.0205. The summed E-state index contributed by atoms with van der Waals surface area (Å²) < 4.78 is 53.3. The van der Waals surface area contributed by atoms with Gasteiger partial charge in [0.15, 0.2) is 0 Å². The molecule has 4 aromatic rings. The molecule has 328 valence electrons. The number of hydrogen-bond acceptors (Lipinski definition) is 15. The Morgan fingerprint density at radius 1 is 0.371 bits per heavy atom. The van der Waals surface area contributed by atoms with Gasteiger partial charge in [-0.3, -0.25) is 0 Å². The Hall–Kier alpha value is -6.65. The SMILES string of the molecule is C=C(C)C(=O)OCCOCCOCCOC(=O)c1ccc(-c2ccc(OC(=O)c3ccc(OC(=O)c4ccc(OCCOCCOCCOC(=O)C(=C)C)cc4)cc3)cc2)cc1. The van der Waals surface area contributed by atoms with Crippen LogP contribution in [0.3, 0.4) is 0 Å².